The second-order valence-corrected chi connectivity index (χ2v) is 7.17. The molecule has 0 fully saturated rings. The van der Waals surface area contributed by atoms with Crippen LogP contribution in [0.3, 0.4) is 0 Å². The van der Waals surface area contributed by atoms with Gasteiger partial charge in [-0.25, -0.2) is 4.98 Å². The van der Waals surface area contributed by atoms with E-state index >= 15 is 0 Å². The zero-order valence-corrected chi connectivity index (χ0v) is 17.3. The molecule has 28 heavy (non-hydrogen) atoms. The van der Waals surface area contributed by atoms with Crippen LogP contribution >= 0.6 is 11.8 Å². The zero-order chi connectivity index (χ0) is 20.4. The van der Waals surface area contributed by atoms with Crippen LogP contribution in [0.5, 0.6) is 11.5 Å². The van der Waals surface area contributed by atoms with Gasteiger partial charge < -0.3 is 14.8 Å². The van der Waals surface area contributed by atoms with Crippen LogP contribution in [0.1, 0.15) is 37.4 Å². The number of unbranched alkanes of at least 4 members (excludes halogenated alkanes) is 1. The molecule has 0 saturated heterocycles. The Labute approximate surface area is 170 Å². The van der Waals surface area contributed by atoms with Gasteiger partial charge in [0.1, 0.15) is 22.6 Å². The largest absolute Gasteiger partial charge is 0.497 e. The summed E-state index contributed by atoms with van der Waals surface area (Å²) in [6.45, 7) is 2.13. The average molecular weight is 400 g/mol. The van der Waals surface area contributed by atoms with E-state index in [-0.39, 0.29) is 12.3 Å². The number of nitrogens with zero attached hydrogens (tertiary/aromatic N) is 2. The average Bonchev–Trinajstić information content (AvgIpc) is 2.72. The number of hydrogen-bond donors (Lipinski definition) is 1. The Morgan fingerprint density at radius 1 is 1.25 bits per heavy atom. The van der Waals surface area contributed by atoms with Crippen LogP contribution in [0.15, 0.2) is 35.4 Å². The van der Waals surface area contributed by atoms with E-state index in [0.29, 0.717) is 33.5 Å². The number of aryl methyl sites for hydroxylation is 1. The van der Waals surface area contributed by atoms with Gasteiger partial charge in [-0.2, -0.15) is 5.26 Å². The van der Waals surface area contributed by atoms with Crippen molar-refractivity contribution in [1.29, 1.82) is 5.26 Å². The topological polar surface area (TPSA) is 84.2 Å². The second-order valence-electron chi connectivity index (χ2n) is 6.08. The van der Waals surface area contributed by atoms with Crippen molar-refractivity contribution in [2.75, 3.05) is 25.3 Å². The molecule has 6 nitrogen and oxygen atoms in total. The van der Waals surface area contributed by atoms with Crippen molar-refractivity contribution in [3.8, 4) is 17.6 Å². The summed E-state index contributed by atoms with van der Waals surface area (Å²) in [7, 11) is 3.12. The predicted octanol–water partition coefficient (Wildman–Crippen LogP) is 4.43. The Kier molecular flexibility index (Phi) is 8.63. The highest BCUT2D eigenvalue weighted by Crippen LogP contribution is 2.29. The number of aromatic nitrogens is 1. The molecule has 1 aromatic carbocycles. The summed E-state index contributed by atoms with van der Waals surface area (Å²) in [5.74, 6) is 1.59. The Morgan fingerprint density at radius 2 is 2.07 bits per heavy atom. The summed E-state index contributed by atoms with van der Waals surface area (Å²) >= 11 is 1.43. The maximum atomic E-state index is 12.3. The molecular weight excluding hydrogens is 374 g/mol. The third-order valence-corrected chi connectivity index (χ3v) is 5.07. The minimum atomic E-state index is -0.139. The van der Waals surface area contributed by atoms with Crippen LogP contribution in [0.2, 0.25) is 0 Å². The number of pyridine rings is 1. The Bertz CT molecular complexity index is 849. The lowest BCUT2D eigenvalue weighted by Crippen LogP contribution is -2.13. The first-order chi connectivity index (χ1) is 13.6. The van der Waals surface area contributed by atoms with Gasteiger partial charge in [-0.05, 0) is 37.1 Å². The van der Waals surface area contributed by atoms with Gasteiger partial charge in [-0.15, -0.1) is 11.8 Å². The number of ether oxygens (including phenoxy) is 2. The quantitative estimate of drug-likeness (QED) is 0.595. The van der Waals surface area contributed by atoms with Crippen LogP contribution in [0.25, 0.3) is 0 Å². The smallest absolute Gasteiger partial charge is 0.225 e. The van der Waals surface area contributed by atoms with Gasteiger partial charge in [0, 0.05) is 23.9 Å². The Morgan fingerprint density at radius 3 is 2.75 bits per heavy atom. The molecule has 0 bridgehead atoms. The van der Waals surface area contributed by atoms with Gasteiger partial charge >= 0.3 is 0 Å². The Balaban J connectivity index is 1.96. The molecule has 1 amide bonds. The van der Waals surface area contributed by atoms with Crippen molar-refractivity contribution in [2.24, 2.45) is 0 Å². The van der Waals surface area contributed by atoms with Crippen molar-refractivity contribution in [3.05, 3.63) is 41.6 Å². The third kappa shape index (κ3) is 6.17. The van der Waals surface area contributed by atoms with Gasteiger partial charge in [-0.1, -0.05) is 13.3 Å². The van der Waals surface area contributed by atoms with E-state index in [2.05, 4.69) is 23.3 Å². The van der Waals surface area contributed by atoms with Crippen LogP contribution in [0.4, 0.5) is 5.69 Å². The first-order valence-electron chi connectivity index (χ1n) is 9.16. The zero-order valence-electron chi connectivity index (χ0n) is 16.4. The molecule has 1 aromatic heterocycles. The van der Waals surface area contributed by atoms with E-state index in [4.69, 9.17) is 9.47 Å². The molecule has 1 heterocycles. The van der Waals surface area contributed by atoms with Crippen molar-refractivity contribution in [3.63, 3.8) is 0 Å². The lowest BCUT2D eigenvalue weighted by atomic mass is 10.2. The molecule has 2 aromatic rings. The molecule has 0 aliphatic heterocycles. The molecule has 0 atom stereocenters. The van der Waals surface area contributed by atoms with E-state index in [1.165, 1.54) is 11.8 Å². The first-order valence-corrected chi connectivity index (χ1v) is 10.1. The molecule has 0 radical (unpaired) electrons. The molecular formula is C21H25N3O3S. The summed E-state index contributed by atoms with van der Waals surface area (Å²) in [6.07, 6.45) is 3.34. The predicted molar refractivity (Wildman–Crippen MR) is 111 cm³/mol. The standard InChI is InChI=1S/C21H25N3O3S/c1-4-5-6-16-8-7-15(14-22)21(23-16)28-12-11-20(25)24-18-13-17(26-2)9-10-19(18)27-3/h7-10,13H,4-6,11-12H2,1-3H3,(H,24,25). The van der Waals surface area contributed by atoms with Crippen LogP contribution < -0.4 is 14.8 Å². The Hall–Kier alpha value is -2.72. The maximum absolute atomic E-state index is 12.3. The van der Waals surface area contributed by atoms with Crippen molar-refractivity contribution >= 4 is 23.4 Å². The van der Waals surface area contributed by atoms with E-state index < -0.39 is 0 Å². The van der Waals surface area contributed by atoms with Gasteiger partial charge in [0.2, 0.25) is 5.91 Å². The van der Waals surface area contributed by atoms with E-state index in [1.54, 1.807) is 32.4 Å². The van der Waals surface area contributed by atoms with Gasteiger partial charge in [0.15, 0.2) is 0 Å². The minimum Gasteiger partial charge on any atom is -0.497 e. The molecule has 0 aliphatic rings. The van der Waals surface area contributed by atoms with E-state index in [1.807, 2.05) is 12.1 Å². The molecule has 0 saturated carbocycles. The molecule has 1 N–H and O–H groups in total. The summed E-state index contributed by atoms with van der Waals surface area (Å²) in [4.78, 5) is 16.9. The number of anilines is 1. The summed E-state index contributed by atoms with van der Waals surface area (Å²) in [5.41, 5.74) is 2.09. The number of methoxy groups -OCH3 is 2. The van der Waals surface area contributed by atoms with Crippen LogP contribution in [0, 0.1) is 11.3 Å². The number of amides is 1. The fraction of sp³-hybridized carbons (Fsp3) is 0.381. The fourth-order valence-corrected chi connectivity index (χ4v) is 3.47. The van der Waals surface area contributed by atoms with E-state index in [9.17, 15) is 10.1 Å². The monoisotopic (exact) mass is 399 g/mol. The van der Waals surface area contributed by atoms with Gasteiger partial charge in [-0.3, -0.25) is 4.79 Å². The molecule has 2 rings (SSSR count). The molecule has 7 heteroatoms. The third-order valence-electron chi connectivity index (χ3n) is 4.07. The number of benzene rings is 1. The van der Waals surface area contributed by atoms with Crippen molar-refractivity contribution in [1.82, 2.24) is 4.98 Å². The maximum Gasteiger partial charge on any atom is 0.225 e. The van der Waals surface area contributed by atoms with Gasteiger partial charge in [0.05, 0.1) is 25.5 Å². The minimum absolute atomic E-state index is 0.139. The van der Waals surface area contributed by atoms with Crippen LogP contribution in [-0.4, -0.2) is 30.9 Å². The number of carbonyl (C=O) groups is 1. The van der Waals surface area contributed by atoms with E-state index in [0.717, 1.165) is 25.0 Å². The number of nitrogens with one attached hydrogen (secondary N) is 1. The molecule has 148 valence electrons. The highest BCUT2D eigenvalue weighted by atomic mass is 32.2. The lowest BCUT2D eigenvalue weighted by molar-refractivity contribution is -0.115. The number of rotatable bonds is 10. The summed E-state index contributed by atoms with van der Waals surface area (Å²) in [6, 6.07) is 11.1. The normalized spacial score (nSPS) is 10.2. The summed E-state index contributed by atoms with van der Waals surface area (Å²) in [5, 5.41) is 12.8. The SMILES string of the molecule is CCCCc1ccc(C#N)c(SCCC(=O)Nc2cc(OC)ccc2OC)n1. The van der Waals surface area contributed by atoms with Gasteiger partial charge in [0.25, 0.3) is 0 Å². The molecule has 0 unspecified atom stereocenters. The van der Waals surface area contributed by atoms with Crippen molar-refractivity contribution in [2.45, 2.75) is 37.6 Å². The number of carbonyl (C=O) groups excluding carboxylic acids is 1. The fourth-order valence-electron chi connectivity index (χ4n) is 2.54. The van der Waals surface area contributed by atoms with Crippen LogP contribution in [-0.2, 0) is 11.2 Å². The first kappa shape index (κ1) is 21.6. The summed E-state index contributed by atoms with van der Waals surface area (Å²) < 4.78 is 10.5. The lowest BCUT2D eigenvalue weighted by Gasteiger charge is -2.12. The molecule has 0 aliphatic carbocycles. The number of thioether (sulfide) groups is 1. The second kappa shape index (κ2) is 11.2. The highest BCUT2D eigenvalue weighted by molar-refractivity contribution is 7.99. The number of nitriles is 1. The highest BCUT2D eigenvalue weighted by Gasteiger charge is 2.11. The number of hydrogen-bond acceptors (Lipinski definition) is 6. The molecule has 0 spiro atoms. The van der Waals surface area contributed by atoms with Crippen molar-refractivity contribution < 1.29 is 14.3 Å².